The molecule has 94 valence electrons. The largest absolute Gasteiger partial charge is 0.469 e. The molecule has 5 heteroatoms. The Balaban J connectivity index is 4.14. The Morgan fingerprint density at radius 2 is 1.94 bits per heavy atom. The van der Waals surface area contributed by atoms with E-state index in [0.717, 1.165) is 0 Å². The van der Waals surface area contributed by atoms with Gasteiger partial charge in [-0.1, -0.05) is 6.92 Å². The Morgan fingerprint density at radius 1 is 1.31 bits per heavy atom. The number of ether oxygens (including phenoxy) is 2. The Kier molecular flexibility index (Phi) is 7.54. The van der Waals surface area contributed by atoms with Crippen molar-refractivity contribution in [3.05, 3.63) is 0 Å². The summed E-state index contributed by atoms with van der Waals surface area (Å²) in [5, 5.41) is 0. The lowest BCUT2D eigenvalue weighted by molar-refractivity contribution is -0.150. The molecule has 16 heavy (non-hydrogen) atoms. The minimum atomic E-state index is -0.287. The third kappa shape index (κ3) is 5.11. The van der Waals surface area contributed by atoms with E-state index in [1.54, 1.807) is 14.0 Å². The Bertz CT molecular complexity index is 230. The van der Waals surface area contributed by atoms with Gasteiger partial charge in [-0.3, -0.25) is 14.5 Å². The molecule has 5 nitrogen and oxygen atoms in total. The predicted molar refractivity (Wildman–Crippen MR) is 60.0 cm³/mol. The van der Waals surface area contributed by atoms with Crippen molar-refractivity contribution in [2.45, 2.75) is 32.7 Å². The maximum Gasteiger partial charge on any atom is 0.323 e. The molecule has 0 rings (SSSR count). The van der Waals surface area contributed by atoms with Crippen molar-refractivity contribution in [1.29, 1.82) is 0 Å². The molecule has 0 N–H and O–H groups in total. The maximum absolute atomic E-state index is 11.5. The zero-order valence-corrected chi connectivity index (χ0v) is 10.5. The van der Waals surface area contributed by atoms with Crippen LogP contribution in [0.4, 0.5) is 0 Å². The van der Waals surface area contributed by atoms with Crippen LogP contribution in [0.3, 0.4) is 0 Å². The second-order valence-corrected chi connectivity index (χ2v) is 3.48. The minimum Gasteiger partial charge on any atom is -0.469 e. The van der Waals surface area contributed by atoms with Crippen LogP contribution in [0.2, 0.25) is 0 Å². The number of esters is 2. The minimum absolute atomic E-state index is 0.239. The van der Waals surface area contributed by atoms with E-state index in [9.17, 15) is 9.59 Å². The molecule has 0 heterocycles. The number of rotatable bonds is 7. The average Bonchev–Trinajstić information content (AvgIpc) is 2.27. The number of nitrogens with zero attached hydrogens (tertiary/aromatic N) is 1. The summed E-state index contributed by atoms with van der Waals surface area (Å²) in [4.78, 5) is 24.3. The molecule has 0 amide bonds. The molecule has 0 aromatic carbocycles. The lowest BCUT2D eigenvalue weighted by Gasteiger charge is -2.24. The predicted octanol–water partition coefficient (Wildman–Crippen LogP) is 0.823. The van der Waals surface area contributed by atoms with Gasteiger partial charge in [-0.2, -0.15) is 0 Å². The fourth-order valence-electron chi connectivity index (χ4n) is 1.42. The highest BCUT2D eigenvalue weighted by Gasteiger charge is 2.22. The molecule has 0 aromatic rings. The SMILES string of the molecule is CCOC(=O)C(CC)N(C)CCC(=O)OC. The molecule has 0 aliphatic carbocycles. The smallest absolute Gasteiger partial charge is 0.323 e. The number of carbonyl (C=O) groups is 2. The first-order valence-corrected chi connectivity index (χ1v) is 5.50. The standard InChI is InChI=1S/C11H21NO4/c1-5-9(11(14)16-6-2)12(3)8-7-10(13)15-4/h9H,5-8H2,1-4H3. The molecular formula is C11H21NO4. The number of hydrogen-bond acceptors (Lipinski definition) is 5. The highest BCUT2D eigenvalue weighted by Crippen LogP contribution is 2.05. The van der Waals surface area contributed by atoms with Gasteiger partial charge in [0.2, 0.25) is 0 Å². The maximum atomic E-state index is 11.5. The fraction of sp³-hybridized carbons (Fsp3) is 0.818. The highest BCUT2D eigenvalue weighted by atomic mass is 16.5. The normalized spacial score (nSPS) is 12.3. The summed E-state index contributed by atoms with van der Waals surface area (Å²) in [6.45, 7) is 4.56. The summed E-state index contributed by atoms with van der Waals surface area (Å²) >= 11 is 0. The molecule has 0 bridgehead atoms. The molecule has 0 aromatic heterocycles. The third-order valence-electron chi connectivity index (χ3n) is 2.37. The van der Waals surface area contributed by atoms with Gasteiger partial charge in [-0.25, -0.2) is 0 Å². The van der Waals surface area contributed by atoms with Gasteiger partial charge < -0.3 is 9.47 Å². The Morgan fingerprint density at radius 3 is 2.38 bits per heavy atom. The van der Waals surface area contributed by atoms with Crippen LogP contribution in [0.25, 0.3) is 0 Å². The summed E-state index contributed by atoms with van der Waals surface area (Å²) < 4.78 is 9.49. The molecule has 0 saturated heterocycles. The van der Waals surface area contributed by atoms with Crippen molar-refractivity contribution >= 4 is 11.9 Å². The van der Waals surface area contributed by atoms with E-state index in [1.807, 2.05) is 11.8 Å². The lowest BCUT2D eigenvalue weighted by atomic mass is 10.2. The number of carbonyl (C=O) groups excluding carboxylic acids is 2. The van der Waals surface area contributed by atoms with E-state index in [1.165, 1.54) is 7.11 Å². The summed E-state index contributed by atoms with van der Waals surface area (Å²) in [6.07, 6.45) is 0.944. The number of likely N-dealkylation sites (N-methyl/N-ethyl adjacent to an activating group) is 1. The molecule has 0 spiro atoms. The van der Waals surface area contributed by atoms with Crippen molar-refractivity contribution in [3.63, 3.8) is 0 Å². The van der Waals surface area contributed by atoms with Crippen molar-refractivity contribution in [2.24, 2.45) is 0 Å². The van der Waals surface area contributed by atoms with Crippen LogP contribution in [0.15, 0.2) is 0 Å². The van der Waals surface area contributed by atoms with Gasteiger partial charge in [0.05, 0.1) is 20.1 Å². The molecule has 0 radical (unpaired) electrons. The van der Waals surface area contributed by atoms with E-state index in [2.05, 4.69) is 4.74 Å². The average molecular weight is 231 g/mol. The Labute approximate surface area is 96.7 Å². The zero-order valence-electron chi connectivity index (χ0n) is 10.5. The summed E-state index contributed by atoms with van der Waals surface area (Å²) in [5.41, 5.74) is 0. The molecular weight excluding hydrogens is 210 g/mol. The Hall–Kier alpha value is -1.10. The van der Waals surface area contributed by atoms with Crippen LogP contribution in [0, 0.1) is 0 Å². The summed E-state index contributed by atoms with van der Waals surface area (Å²) in [5.74, 6) is -0.511. The molecule has 0 saturated carbocycles. The van der Waals surface area contributed by atoms with Crippen LogP contribution in [-0.4, -0.2) is 50.2 Å². The van der Waals surface area contributed by atoms with Gasteiger partial charge in [0.1, 0.15) is 6.04 Å². The highest BCUT2D eigenvalue weighted by molar-refractivity contribution is 5.75. The van der Waals surface area contributed by atoms with E-state index in [4.69, 9.17) is 4.74 Å². The van der Waals surface area contributed by atoms with Gasteiger partial charge >= 0.3 is 11.9 Å². The second kappa shape index (κ2) is 8.10. The van der Waals surface area contributed by atoms with Crippen LogP contribution in [0.1, 0.15) is 26.7 Å². The molecule has 0 fully saturated rings. The molecule has 0 aliphatic rings. The van der Waals surface area contributed by atoms with Crippen LogP contribution in [-0.2, 0) is 19.1 Å². The lowest BCUT2D eigenvalue weighted by Crippen LogP contribution is -2.40. The van der Waals surface area contributed by atoms with Gasteiger partial charge in [-0.15, -0.1) is 0 Å². The van der Waals surface area contributed by atoms with Crippen molar-refractivity contribution < 1.29 is 19.1 Å². The van der Waals surface area contributed by atoms with E-state index < -0.39 is 0 Å². The first kappa shape index (κ1) is 14.9. The van der Waals surface area contributed by atoms with Gasteiger partial charge in [0, 0.05) is 6.54 Å². The third-order valence-corrected chi connectivity index (χ3v) is 2.37. The first-order valence-electron chi connectivity index (χ1n) is 5.50. The molecule has 1 atom stereocenters. The van der Waals surface area contributed by atoms with Crippen molar-refractivity contribution in [2.75, 3.05) is 27.3 Å². The first-order chi connectivity index (χ1) is 7.56. The summed E-state index contributed by atoms with van der Waals surface area (Å²) in [7, 11) is 3.15. The van der Waals surface area contributed by atoms with Crippen LogP contribution >= 0.6 is 0 Å². The van der Waals surface area contributed by atoms with E-state index in [-0.39, 0.29) is 24.4 Å². The van der Waals surface area contributed by atoms with Crippen LogP contribution < -0.4 is 0 Å². The monoisotopic (exact) mass is 231 g/mol. The van der Waals surface area contributed by atoms with Gasteiger partial charge in [0.25, 0.3) is 0 Å². The summed E-state index contributed by atoms with van der Waals surface area (Å²) in [6, 6.07) is -0.287. The number of methoxy groups -OCH3 is 1. The van der Waals surface area contributed by atoms with E-state index >= 15 is 0 Å². The molecule has 0 aliphatic heterocycles. The fourth-order valence-corrected chi connectivity index (χ4v) is 1.42. The topological polar surface area (TPSA) is 55.8 Å². The van der Waals surface area contributed by atoms with Gasteiger partial charge in [-0.05, 0) is 20.4 Å². The second-order valence-electron chi connectivity index (χ2n) is 3.48. The van der Waals surface area contributed by atoms with E-state index in [0.29, 0.717) is 19.6 Å². The van der Waals surface area contributed by atoms with Crippen LogP contribution in [0.5, 0.6) is 0 Å². The molecule has 1 unspecified atom stereocenters. The zero-order chi connectivity index (χ0) is 12.6. The van der Waals surface area contributed by atoms with Crippen molar-refractivity contribution in [3.8, 4) is 0 Å². The number of hydrogen-bond donors (Lipinski definition) is 0. The van der Waals surface area contributed by atoms with Crippen molar-refractivity contribution in [1.82, 2.24) is 4.90 Å². The van der Waals surface area contributed by atoms with Gasteiger partial charge in [0.15, 0.2) is 0 Å². The quantitative estimate of drug-likeness (QED) is 0.607.